The molecule has 3 aromatic rings. The molecule has 2 amide bonds. The Balaban J connectivity index is 1.51. The van der Waals surface area contributed by atoms with Gasteiger partial charge in [-0.3, -0.25) is 20.2 Å². The summed E-state index contributed by atoms with van der Waals surface area (Å²) in [6.07, 6.45) is 0. The Hall–Kier alpha value is -2.44. The van der Waals surface area contributed by atoms with E-state index in [1.54, 1.807) is 6.92 Å². The van der Waals surface area contributed by atoms with E-state index in [-0.39, 0.29) is 22.4 Å². The fourth-order valence-electron chi connectivity index (χ4n) is 1.75. The number of anilines is 2. The topological polar surface area (TPSA) is 110 Å². The van der Waals surface area contributed by atoms with Gasteiger partial charge in [-0.15, -0.1) is 20.4 Å². The lowest BCUT2D eigenvalue weighted by molar-refractivity contribution is -0.113. The number of carbonyl (C=O) groups excluding carboxylic acids is 2. The average Bonchev–Trinajstić information content (AvgIpc) is 3.22. The summed E-state index contributed by atoms with van der Waals surface area (Å²) in [6, 6.07) is 5.33. The number of carbonyl (C=O) groups is 2. The van der Waals surface area contributed by atoms with E-state index in [1.165, 1.54) is 41.3 Å². The van der Waals surface area contributed by atoms with E-state index in [1.807, 2.05) is 0 Å². The maximum Gasteiger partial charge on any atom is 0.257 e. The van der Waals surface area contributed by atoms with E-state index in [2.05, 4.69) is 31.0 Å². The minimum Gasteiger partial charge on any atom is -0.300 e. The van der Waals surface area contributed by atoms with Gasteiger partial charge in [0.2, 0.25) is 16.2 Å². The molecule has 0 bridgehead atoms. The van der Waals surface area contributed by atoms with Crippen molar-refractivity contribution in [1.29, 1.82) is 0 Å². The third-order valence-corrected chi connectivity index (χ3v) is 5.54. The second-order valence-electron chi connectivity index (χ2n) is 4.80. The van der Waals surface area contributed by atoms with Gasteiger partial charge < -0.3 is 0 Å². The lowest BCUT2D eigenvalue weighted by Crippen LogP contribution is -2.13. The monoisotopic (exact) mass is 410 g/mol. The number of amides is 2. The maximum atomic E-state index is 13.1. The Bertz CT molecular complexity index is 944. The van der Waals surface area contributed by atoms with Gasteiger partial charge >= 0.3 is 0 Å². The molecule has 0 saturated heterocycles. The maximum absolute atomic E-state index is 13.1. The van der Waals surface area contributed by atoms with Gasteiger partial charge in [-0.25, -0.2) is 4.39 Å². The molecule has 0 saturated carbocycles. The fraction of sp³-hybridized carbons (Fsp3) is 0.143. The molecular formula is C14H11FN6O2S3. The number of aromatic nitrogens is 4. The lowest BCUT2D eigenvalue weighted by atomic mass is 10.2. The first-order valence-electron chi connectivity index (χ1n) is 7.13. The molecule has 0 spiro atoms. The standard InChI is InChI=1S/C14H11FN6O2S3/c1-7-18-19-12(25-7)16-10(22)6-24-14-21-20-13(26-14)17-11(23)8-3-2-4-9(15)5-8/h2-5H,6H2,1H3,(H,16,19,22)(H,17,20,23). The van der Waals surface area contributed by atoms with Crippen LogP contribution in [-0.2, 0) is 4.79 Å². The zero-order valence-electron chi connectivity index (χ0n) is 13.2. The minimum absolute atomic E-state index is 0.116. The van der Waals surface area contributed by atoms with E-state index >= 15 is 0 Å². The van der Waals surface area contributed by atoms with Crippen molar-refractivity contribution in [2.75, 3.05) is 16.4 Å². The van der Waals surface area contributed by atoms with Crippen LogP contribution in [-0.4, -0.2) is 38.0 Å². The first-order valence-corrected chi connectivity index (χ1v) is 9.74. The number of benzene rings is 1. The van der Waals surface area contributed by atoms with Crippen LogP contribution in [0.4, 0.5) is 14.7 Å². The average molecular weight is 410 g/mol. The smallest absolute Gasteiger partial charge is 0.257 e. The Kier molecular flexibility index (Phi) is 5.85. The van der Waals surface area contributed by atoms with Gasteiger partial charge in [0.05, 0.1) is 5.75 Å². The van der Waals surface area contributed by atoms with Crippen LogP contribution in [0.2, 0.25) is 0 Å². The number of nitrogens with zero attached hydrogens (tertiary/aromatic N) is 4. The zero-order valence-corrected chi connectivity index (χ0v) is 15.7. The molecular weight excluding hydrogens is 399 g/mol. The fourth-order valence-corrected chi connectivity index (χ4v) is 3.90. The van der Waals surface area contributed by atoms with Crippen molar-refractivity contribution in [2.45, 2.75) is 11.3 Å². The molecule has 0 aliphatic carbocycles. The van der Waals surface area contributed by atoms with Gasteiger partial charge in [-0.2, -0.15) is 0 Å². The zero-order chi connectivity index (χ0) is 18.5. The number of thioether (sulfide) groups is 1. The first-order chi connectivity index (χ1) is 12.5. The summed E-state index contributed by atoms with van der Waals surface area (Å²) in [7, 11) is 0. The highest BCUT2D eigenvalue weighted by Gasteiger charge is 2.13. The predicted octanol–water partition coefficient (Wildman–Crippen LogP) is 2.82. The highest BCUT2D eigenvalue weighted by Crippen LogP contribution is 2.26. The molecule has 1 aromatic carbocycles. The third-order valence-electron chi connectivity index (χ3n) is 2.81. The van der Waals surface area contributed by atoms with Gasteiger partial charge in [-0.05, 0) is 25.1 Å². The molecule has 0 radical (unpaired) electrons. The van der Waals surface area contributed by atoms with Crippen molar-refractivity contribution < 1.29 is 14.0 Å². The Morgan fingerprint density at radius 1 is 1.12 bits per heavy atom. The second kappa shape index (κ2) is 8.29. The molecule has 2 heterocycles. The van der Waals surface area contributed by atoms with Crippen LogP contribution in [0.5, 0.6) is 0 Å². The summed E-state index contributed by atoms with van der Waals surface area (Å²) in [5, 5.41) is 22.0. The van der Waals surface area contributed by atoms with Crippen LogP contribution in [0.1, 0.15) is 15.4 Å². The normalized spacial score (nSPS) is 10.5. The second-order valence-corrected chi connectivity index (χ2v) is 8.18. The van der Waals surface area contributed by atoms with E-state index < -0.39 is 11.7 Å². The summed E-state index contributed by atoms with van der Waals surface area (Å²) in [5.41, 5.74) is 0.182. The van der Waals surface area contributed by atoms with Crippen LogP contribution >= 0.6 is 34.4 Å². The van der Waals surface area contributed by atoms with Crippen molar-refractivity contribution in [1.82, 2.24) is 20.4 Å². The van der Waals surface area contributed by atoms with Gasteiger partial charge in [0, 0.05) is 5.56 Å². The van der Waals surface area contributed by atoms with Crippen molar-refractivity contribution in [3.63, 3.8) is 0 Å². The number of nitrogens with one attached hydrogen (secondary N) is 2. The van der Waals surface area contributed by atoms with Crippen LogP contribution < -0.4 is 10.6 Å². The van der Waals surface area contributed by atoms with Gasteiger partial charge in [0.25, 0.3) is 5.91 Å². The van der Waals surface area contributed by atoms with Crippen molar-refractivity contribution >= 4 is 56.5 Å². The molecule has 0 unspecified atom stereocenters. The molecule has 0 aliphatic rings. The number of halogens is 1. The molecule has 12 heteroatoms. The van der Waals surface area contributed by atoms with E-state index in [9.17, 15) is 14.0 Å². The molecule has 26 heavy (non-hydrogen) atoms. The van der Waals surface area contributed by atoms with Crippen LogP contribution in [0.15, 0.2) is 28.6 Å². The first kappa shape index (κ1) is 18.4. The summed E-state index contributed by atoms with van der Waals surface area (Å²) < 4.78 is 13.7. The quantitative estimate of drug-likeness (QED) is 0.475. The highest BCUT2D eigenvalue weighted by molar-refractivity contribution is 8.01. The number of hydrogen-bond donors (Lipinski definition) is 2. The van der Waals surface area contributed by atoms with E-state index in [0.29, 0.717) is 9.47 Å². The lowest BCUT2D eigenvalue weighted by Gasteiger charge is -2.00. The van der Waals surface area contributed by atoms with Crippen LogP contribution in [0, 0.1) is 12.7 Å². The van der Waals surface area contributed by atoms with Crippen molar-refractivity contribution in [3.8, 4) is 0 Å². The molecule has 2 aromatic heterocycles. The van der Waals surface area contributed by atoms with Crippen molar-refractivity contribution in [2.24, 2.45) is 0 Å². The Morgan fingerprint density at radius 2 is 1.88 bits per heavy atom. The number of aryl methyl sites for hydroxylation is 1. The van der Waals surface area contributed by atoms with E-state index in [0.717, 1.165) is 22.4 Å². The molecule has 0 fully saturated rings. The third kappa shape index (κ3) is 5.03. The molecule has 8 nitrogen and oxygen atoms in total. The van der Waals surface area contributed by atoms with Gasteiger partial charge in [0.15, 0.2) is 4.34 Å². The van der Waals surface area contributed by atoms with Gasteiger partial charge in [-0.1, -0.05) is 40.5 Å². The molecule has 134 valence electrons. The number of hydrogen-bond acceptors (Lipinski definition) is 9. The van der Waals surface area contributed by atoms with Gasteiger partial charge in [0.1, 0.15) is 10.8 Å². The predicted molar refractivity (Wildman–Crippen MR) is 98.3 cm³/mol. The highest BCUT2D eigenvalue weighted by atomic mass is 32.2. The molecule has 0 aliphatic heterocycles. The number of rotatable bonds is 6. The Morgan fingerprint density at radius 3 is 2.62 bits per heavy atom. The summed E-state index contributed by atoms with van der Waals surface area (Å²) in [5.74, 6) is -1.11. The SMILES string of the molecule is Cc1nnc(NC(=O)CSc2nnc(NC(=O)c3cccc(F)c3)s2)s1. The summed E-state index contributed by atoms with van der Waals surface area (Å²) in [6.45, 7) is 1.79. The van der Waals surface area contributed by atoms with E-state index in [4.69, 9.17) is 0 Å². The molecule has 0 atom stereocenters. The molecule has 2 N–H and O–H groups in total. The van der Waals surface area contributed by atoms with Crippen LogP contribution in [0.3, 0.4) is 0 Å². The summed E-state index contributed by atoms with van der Waals surface area (Å²) >= 11 is 3.59. The minimum atomic E-state index is -0.497. The molecule has 3 rings (SSSR count). The largest absolute Gasteiger partial charge is 0.300 e. The van der Waals surface area contributed by atoms with Crippen LogP contribution in [0.25, 0.3) is 0 Å². The van der Waals surface area contributed by atoms with Crippen molar-refractivity contribution in [3.05, 3.63) is 40.7 Å². The summed E-state index contributed by atoms with van der Waals surface area (Å²) in [4.78, 5) is 23.9. The Labute approximate surface area is 159 Å².